The van der Waals surface area contributed by atoms with Gasteiger partial charge in [-0.15, -0.1) is 0 Å². The minimum atomic E-state index is 0.643. The van der Waals surface area contributed by atoms with E-state index in [4.69, 9.17) is 9.47 Å². The van der Waals surface area contributed by atoms with E-state index < -0.39 is 0 Å². The Morgan fingerprint density at radius 1 is 1.11 bits per heavy atom. The molecule has 108 valence electrons. The van der Waals surface area contributed by atoms with Crippen molar-refractivity contribution in [1.29, 1.82) is 0 Å². The van der Waals surface area contributed by atoms with Crippen LogP contribution in [0.3, 0.4) is 0 Å². The zero-order valence-corrected chi connectivity index (χ0v) is 12.0. The molecular formula is C13H24N4O2. The predicted molar refractivity (Wildman–Crippen MR) is 76.7 cm³/mol. The normalized spacial score (nSPS) is 10.5. The van der Waals surface area contributed by atoms with E-state index in [2.05, 4.69) is 20.6 Å². The smallest absolute Gasteiger partial charge is 0.131 e. The number of ether oxygens (including phenoxy) is 2. The van der Waals surface area contributed by atoms with Gasteiger partial charge in [-0.25, -0.2) is 9.97 Å². The molecule has 0 unspecified atom stereocenters. The molecule has 0 aliphatic rings. The lowest BCUT2D eigenvalue weighted by molar-refractivity contribution is 0.0705. The molecule has 19 heavy (non-hydrogen) atoms. The highest BCUT2D eigenvalue weighted by molar-refractivity contribution is 5.47. The Balaban J connectivity index is 2.25. The fourth-order valence-corrected chi connectivity index (χ4v) is 1.56. The molecule has 0 radical (unpaired) electrons. The maximum atomic E-state index is 5.39. The second kappa shape index (κ2) is 9.52. The molecule has 0 saturated heterocycles. The Kier molecular flexibility index (Phi) is 7.84. The Labute approximate surface area is 114 Å². The van der Waals surface area contributed by atoms with Crippen LogP contribution in [0, 0.1) is 6.92 Å². The quantitative estimate of drug-likeness (QED) is 0.629. The maximum Gasteiger partial charge on any atom is 0.131 e. The van der Waals surface area contributed by atoms with E-state index in [1.54, 1.807) is 7.11 Å². The van der Waals surface area contributed by atoms with Gasteiger partial charge in [0.05, 0.1) is 13.2 Å². The number of aryl methyl sites for hydroxylation is 1. The fraction of sp³-hybridized carbons (Fsp3) is 0.692. The van der Waals surface area contributed by atoms with Crippen LogP contribution in [-0.4, -0.2) is 50.0 Å². The number of anilines is 2. The zero-order valence-electron chi connectivity index (χ0n) is 12.0. The average molecular weight is 268 g/mol. The van der Waals surface area contributed by atoms with E-state index in [1.807, 2.05) is 19.9 Å². The van der Waals surface area contributed by atoms with Crippen molar-refractivity contribution in [3.8, 4) is 0 Å². The summed E-state index contributed by atoms with van der Waals surface area (Å²) in [5, 5.41) is 6.46. The van der Waals surface area contributed by atoms with Crippen LogP contribution in [0.1, 0.15) is 19.2 Å². The number of methoxy groups -OCH3 is 1. The monoisotopic (exact) mass is 268 g/mol. The summed E-state index contributed by atoms with van der Waals surface area (Å²) in [5.74, 6) is 2.46. The molecule has 0 aliphatic carbocycles. The second-order valence-corrected chi connectivity index (χ2v) is 4.10. The summed E-state index contributed by atoms with van der Waals surface area (Å²) < 4.78 is 10.3. The first-order chi connectivity index (χ1) is 9.26. The molecule has 1 aromatic heterocycles. The van der Waals surface area contributed by atoms with Crippen molar-refractivity contribution in [2.24, 2.45) is 0 Å². The predicted octanol–water partition coefficient (Wildman–Crippen LogP) is 1.68. The largest absolute Gasteiger partial charge is 0.382 e. The standard InChI is InChI=1S/C13H24N4O2/c1-4-14-12-10-13(17-11(2)16-12)15-6-5-7-19-9-8-18-3/h10H,4-9H2,1-3H3,(H2,14,15,16,17). The topological polar surface area (TPSA) is 68.3 Å². The minimum absolute atomic E-state index is 0.643. The van der Waals surface area contributed by atoms with Crippen molar-refractivity contribution < 1.29 is 9.47 Å². The summed E-state index contributed by atoms with van der Waals surface area (Å²) in [6.07, 6.45) is 0.934. The fourth-order valence-electron chi connectivity index (χ4n) is 1.56. The Morgan fingerprint density at radius 2 is 1.84 bits per heavy atom. The maximum absolute atomic E-state index is 5.39. The summed E-state index contributed by atoms with van der Waals surface area (Å²) in [4.78, 5) is 8.64. The zero-order chi connectivity index (χ0) is 13.9. The van der Waals surface area contributed by atoms with Gasteiger partial charge in [0.25, 0.3) is 0 Å². The van der Waals surface area contributed by atoms with E-state index in [0.29, 0.717) is 13.2 Å². The first-order valence-electron chi connectivity index (χ1n) is 6.66. The molecule has 0 bridgehead atoms. The van der Waals surface area contributed by atoms with E-state index in [-0.39, 0.29) is 0 Å². The Morgan fingerprint density at radius 3 is 2.53 bits per heavy atom. The lowest BCUT2D eigenvalue weighted by atomic mass is 10.4. The van der Waals surface area contributed by atoms with E-state index in [0.717, 1.165) is 43.6 Å². The molecule has 0 atom stereocenters. The van der Waals surface area contributed by atoms with Crippen LogP contribution in [0.2, 0.25) is 0 Å². The first kappa shape index (κ1) is 15.7. The van der Waals surface area contributed by atoms with Crippen LogP contribution < -0.4 is 10.6 Å². The van der Waals surface area contributed by atoms with Gasteiger partial charge in [-0.2, -0.15) is 0 Å². The number of nitrogens with one attached hydrogen (secondary N) is 2. The van der Waals surface area contributed by atoms with Gasteiger partial charge in [-0.1, -0.05) is 0 Å². The van der Waals surface area contributed by atoms with Gasteiger partial charge in [-0.3, -0.25) is 0 Å². The third-order valence-corrected chi connectivity index (χ3v) is 2.40. The van der Waals surface area contributed by atoms with E-state index in [9.17, 15) is 0 Å². The van der Waals surface area contributed by atoms with Crippen molar-refractivity contribution in [3.63, 3.8) is 0 Å². The number of hydrogen-bond donors (Lipinski definition) is 2. The number of rotatable bonds is 10. The third kappa shape index (κ3) is 6.93. The summed E-state index contributed by atoms with van der Waals surface area (Å²) in [7, 11) is 1.67. The van der Waals surface area contributed by atoms with Crippen molar-refractivity contribution in [1.82, 2.24) is 9.97 Å². The molecule has 0 aliphatic heterocycles. The van der Waals surface area contributed by atoms with Crippen molar-refractivity contribution >= 4 is 11.6 Å². The molecular weight excluding hydrogens is 244 g/mol. The van der Waals surface area contributed by atoms with Gasteiger partial charge < -0.3 is 20.1 Å². The van der Waals surface area contributed by atoms with Crippen LogP contribution in [0.15, 0.2) is 6.07 Å². The molecule has 0 amide bonds. The van der Waals surface area contributed by atoms with Gasteiger partial charge in [0.15, 0.2) is 0 Å². The van der Waals surface area contributed by atoms with Gasteiger partial charge >= 0.3 is 0 Å². The molecule has 0 saturated carbocycles. The number of aromatic nitrogens is 2. The van der Waals surface area contributed by atoms with Gasteiger partial charge in [-0.05, 0) is 20.3 Å². The average Bonchev–Trinajstić information content (AvgIpc) is 2.37. The molecule has 0 spiro atoms. The van der Waals surface area contributed by atoms with Gasteiger partial charge in [0.1, 0.15) is 17.5 Å². The lowest BCUT2D eigenvalue weighted by Gasteiger charge is -2.09. The van der Waals surface area contributed by atoms with E-state index >= 15 is 0 Å². The van der Waals surface area contributed by atoms with Crippen LogP contribution in [0.4, 0.5) is 11.6 Å². The Bertz CT molecular complexity index is 360. The molecule has 1 aromatic rings. The summed E-state index contributed by atoms with van der Waals surface area (Å²) in [6.45, 7) is 7.62. The van der Waals surface area contributed by atoms with Crippen molar-refractivity contribution in [3.05, 3.63) is 11.9 Å². The van der Waals surface area contributed by atoms with Crippen LogP contribution in [-0.2, 0) is 9.47 Å². The molecule has 1 heterocycles. The van der Waals surface area contributed by atoms with Crippen LogP contribution in [0.5, 0.6) is 0 Å². The highest BCUT2D eigenvalue weighted by Crippen LogP contribution is 2.10. The third-order valence-electron chi connectivity index (χ3n) is 2.40. The Hall–Kier alpha value is -1.40. The van der Waals surface area contributed by atoms with Gasteiger partial charge in [0, 0.05) is 32.9 Å². The van der Waals surface area contributed by atoms with Crippen molar-refractivity contribution in [2.75, 3.05) is 50.7 Å². The number of hydrogen-bond acceptors (Lipinski definition) is 6. The molecule has 2 N–H and O–H groups in total. The highest BCUT2D eigenvalue weighted by Gasteiger charge is 2.00. The minimum Gasteiger partial charge on any atom is -0.382 e. The molecule has 6 nitrogen and oxygen atoms in total. The molecule has 0 fully saturated rings. The van der Waals surface area contributed by atoms with Crippen LogP contribution in [0.25, 0.3) is 0 Å². The van der Waals surface area contributed by atoms with Crippen LogP contribution >= 0.6 is 0 Å². The SMILES string of the molecule is CCNc1cc(NCCCOCCOC)nc(C)n1. The second-order valence-electron chi connectivity index (χ2n) is 4.10. The molecule has 1 rings (SSSR count). The summed E-state index contributed by atoms with van der Waals surface area (Å²) in [6, 6.07) is 1.92. The highest BCUT2D eigenvalue weighted by atomic mass is 16.5. The summed E-state index contributed by atoms with van der Waals surface area (Å²) in [5.41, 5.74) is 0. The van der Waals surface area contributed by atoms with E-state index in [1.165, 1.54) is 0 Å². The summed E-state index contributed by atoms with van der Waals surface area (Å²) >= 11 is 0. The van der Waals surface area contributed by atoms with Crippen molar-refractivity contribution in [2.45, 2.75) is 20.3 Å². The molecule has 6 heteroatoms. The first-order valence-corrected chi connectivity index (χ1v) is 6.66. The number of nitrogens with zero attached hydrogens (tertiary/aromatic N) is 2. The molecule has 0 aromatic carbocycles. The lowest BCUT2D eigenvalue weighted by Crippen LogP contribution is -2.10. The van der Waals surface area contributed by atoms with Gasteiger partial charge in [0.2, 0.25) is 0 Å².